The van der Waals surface area contributed by atoms with Gasteiger partial charge in [0.25, 0.3) is 0 Å². The first-order chi connectivity index (χ1) is 13.9. The first-order valence-electron chi connectivity index (χ1n) is 8.61. The number of hydrogen-bond acceptors (Lipinski definition) is 7. The van der Waals surface area contributed by atoms with E-state index in [2.05, 4.69) is 10.2 Å². The molecule has 0 aliphatic rings. The molecule has 2 aromatic carbocycles. The second-order valence-electron chi connectivity index (χ2n) is 6.07. The van der Waals surface area contributed by atoms with E-state index in [1.807, 2.05) is 0 Å². The Morgan fingerprint density at radius 3 is 2.52 bits per heavy atom. The third-order valence-electron chi connectivity index (χ3n) is 4.23. The van der Waals surface area contributed by atoms with E-state index >= 15 is 0 Å². The number of halogens is 1. The lowest BCUT2D eigenvalue weighted by molar-refractivity contribution is -0.479. The molecule has 0 unspecified atom stereocenters. The van der Waals surface area contributed by atoms with Gasteiger partial charge < -0.3 is 9.47 Å². The lowest BCUT2D eigenvalue weighted by Crippen LogP contribution is -2.12. The summed E-state index contributed by atoms with van der Waals surface area (Å²) in [5, 5.41) is 19.5. The summed E-state index contributed by atoms with van der Waals surface area (Å²) < 4.78 is 25.7. The molecule has 0 aliphatic carbocycles. The van der Waals surface area contributed by atoms with Crippen molar-refractivity contribution in [1.29, 1.82) is 0 Å². The largest absolute Gasteiger partial charge is 0.497 e. The van der Waals surface area contributed by atoms with Crippen LogP contribution in [0.2, 0.25) is 0 Å². The predicted molar refractivity (Wildman–Crippen MR) is 106 cm³/mol. The van der Waals surface area contributed by atoms with Crippen LogP contribution in [0.5, 0.6) is 11.5 Å². The van der Waals surface area contributed by atoms with Gasteiger partial charge in [-0.1, -0.05) is 11.8 Å². The Labute approximate surface area is 170 Å². The number of methoxy groups -OCH3 is 2. The third-order valence-corrected chi connectivity index (χ3v) is 5.39. The third kappa shape index (κ3) is 4.65. The molecule has 0 N–H and O–H groups in total. The number of rotatable bonds is 8. The minimum absolute atomic E-state index is 0.358. The van der Waals surface area contributed by atoms with Crippen LogP contribution in [0.1, 0.15) is 16.6 Å². The summed E-state index contributed by atoms with van der Waals surface area (Å²) in [6.07, 6.45) is 0. The van der Waals surface area contributed by atoms with E-state index in [4.69, 9.17) is 9.47 Å². The Morgan fingerprint density at radius 1 is 1.17 bits per heavy atom. The van der Waals surface area contributed by atoms with E-state index in [1.165, 1.54) is 38.1 Å². The molecular weight excluding hydrogens is 399 g/mol. The fourth-order valence-corrected chi connectivity index (χ4v) is 4.05. The van der Waals surface area contributed by atoms with Crippen molar-refractivity contribution in [3.63, 3.8) is 0 Å². The second kappa shape index (κ2) is 8.91. The maximum atomic E-state index is 13.3. The van der Waals surface area contributed by atoms with E-state index in [1.54, 1.807) is 41.8 Å². The highest BCUT2D eigenvalue weighted by Gasteiger charge is 2.27. The normalized spacial score (nSPS) is 11.9. The maximum absolute atomic E-state index is 13.3. The van der Waals surface area contributed by atoms with E-state index < -0.39 is 5.25 Å². The summed E-state index contributed by atoms with van der Waals surface area (Å²) >= 11 is 1.18. The number of aryl methyl sites for hydroxylation is 1. The first kappa shape index (κ1) is 20.6. The Morgan fingerprint density at radius 2 is 1.90 bits per heavy atom. The Hall–Kier alpha value is -3.14. The van der Waals surface area contributed by atoms with E-state index in [-0.39, 0.29) is 17.3 Å². The van der Waals surface area contributed by atoms with Crippen LogP contribution in [0.25, 0.3) is 5.69 Å². The molecule has 1 aromatic heterocycles. The molecule has 0 bridgehead atoms. The molecule has 0 saturated carbocycles. The van der Waals surface area contributed by atoms with Gasteiger partial charge in [-0.25, -0.2) is 4.39 Å². The van der Waals surface area contributed by atoms with Gasteiger partial charge in [-0.05, 0) is 49.4 Å². The average Bonchev–Trinajstić information content (AvgIpc) is 3.07. The van der Waals surface area contributed by atoms with Crippen LogP contribution in [0.15, 0.2) is 47.6 Å². The van der Waals surface area contributed by atoms with Crippen molar-refractivity contribution < 1.29 is 18.8 Å². The monoisotopic (exact) mass is 418 g/mol. The summed E-state index contributed by atoms with van der Waals surface area (Å²) in [6.45, 7) is 1.40. The van der Waals surface area contributed by atoms with Crippen molar-refractivity contribution in [3.05, 3.63) is 69.8 Å². The van der Waals surface area contributed by atoms with Crippen LogP contribution in [-0.2, 0) is 0 Å². The molecule has 152 valence electrons. The van der Waals surface area contributed by atoms with Crippen LogP contribution in [0, 0.1) is 22.9 Å². The summed E-state index contributed by atoms with van der Waals surface area (Å²) in [5.41, 5.74) is 1.27. The fourth-order valence-electron chi connectivity index (χ4n) is 2.86. The highest BCUT2D eigenvalue weighted by Crippen LogP contribution is 2.41. The summed E-state index contributed by atoms with van der Waals surface area (Å²) in [7, 11) is 3.03. The number of benzene rings is 2. The zero-order chi connectivity index (χ0) is 21.0. The number of nitrogens with zero attached hydrogens (tertiary/aromatic N) is 4. The Balaban J connectivity index is 2.03. The molecule has 0 fully saturated rings. The molecule has 3 rings (SSSR count). The highest BCUT2D eigenvalue weighted by molar-refractivity contribution is 7.99. The van der Waals surface area contributed by atoms with Crippen molar-refractivity contribution in [2.45, 2.75) is 17.3 Å². The van der Waals surface area contributed by atoms with Gasteiger partial charge in [0, 0.05) is 16.2 Å². The highest BCUT2D eigenvalue weighted by atomic mass is 32.2. The molecule has 1 atom stereocenters. The molecule has 29 heavy (non-hydrogen) atoms. The zero-order valence-corrected chi connectivity index (χ0v) is 16.9. The van der Waals surface area contributed by atoms with Crippen LogP contribution in [-0.4, -0.2) is 40.5 Å². The van der Waals surface area contributed by atoms with Gasteiger partial charge >= 0.3 is 0 Å². The number of thioether (sulfide) groups is 1. The van der Waals surface area contributed by atoms with Gasteiger partial charge in [0.05, 0.1) is 14.2 Å². The summed E-state index contributed by atoms with van der Waals surface area (Å²) in [6, 6.07) is 11.0. The van der Waals surface area contributed by atoms with E-state index in [0.29, 0.717) is 33.7 Å². The lowest BCUT2D eigenvalue weighted by Gasteiger charge is -2.17. The molecule has 10 heteroatoms. The molecule has 8 nitrogen and oxygen atoms in total. The summed E-state index contributed by atoms with van der Waals surface area (Å²) in [5.74, 6) is 1.29. The number of ether oxygens (including phenoxy) is 2. The Bertz CT molecular complexity index is 1010. The van der Waals surface area contributed by atoms with Crippen LogP contribution in [0.3, 0.4) is 0 Å². The van der Waals surface area contributed by atoms with Crippen molar-refractivity contribution >= 4 is 11.8 Å². The van der Waals surface area contributed by atoms with Gasteiger partial charge in [0.1, 0.15) is 28.4 Å². The van der Waals surface area contributed by atoms with Crippen molar-refractivity contribution in [1.82, 2.24) is 14.8 Å². The van der Waals surface area contributed by atoms with E-state index in [9.17, 15) is 14.5 Å². The minimum atomic E-state index is -0.613. The molecule has 0 aliphatic heterocycles. The molecular formula is C19H19FN4O4S. The smallest absolute Gasteiger partial charge is 0.220 e. The van der Waals surface area contributed by atoms with Crippen molar-refractivity contribution in [2.24, 2.45) is 0 Å². The van der Waals surface area contributed by atoms with Gasteiger partial charge in [0.2, 0.25) is 6.54 Å². The van der Waals surface area contributed by atoms with Gasteiger partial charge in [-0.2, -0.15) is 0 Å². The van der Waals surface area contributed by atoms with Crippen molar-refractivity contribution in [3.8, 4) is 17.2 Å². The first-order valence-corrected chi connectivity index (χ1v) is 9.49. The number of aromatic nitrogens is 3. The van der Waals surface area contributed by atoms with Crippen LogP contribution in [0.4, 0.5) is 4.39 Å². The van der Waals surface area contributed by atoms with Gasteiger partial charge in [-0.3, -0.25) is 14.7 Å². The predicted octanol–water partition coefficient (Wildman–Crippen LogP) is 3.84. The maximum Gasteiger partial charge on any atom is 0.220 e. The standard InChI is InChI=1S/C19H19FN4O4S/c1-12-21-22-19(24(12)14-6-4-13(20)5-7-14)29-18(11-23(25)26)16-10-15(27-2)8-9-17(16)28-3/h4-10,18H,11H2,1-3H3/t18-/m0/s1. The van der Waals surface area contributed by atoms with Gasteiger partial charge in [-0.15, -0.1) is 10.2 Å². The van der Waals surface area contributed by atoms with Crippen molar-refractivity contribution in [2.75, 3.05) is 20.8 Å². The molecule has 3 aromatic rings. The fraction of sp³-hybridized carbons (Fsp3) is 0.263. The molecule has 0 spiro atoms. The van der Waals surface area contributed by atoms with Crippen LogP contribution >= 0.6 is 11.8 Å². The van der Waals surface area contributed by atoms with Gasteiger partial charge in [0.15, 0.2) is 5.16 Å². The topological polar surface area (TPSA) is 92.3 Å². The molecule has 1 heterocycles. The molecule has 0 radical (unpaired) electrons. The summed E-state index contributed by atoms with van der Waals surface area (Å²) in [4.78, 5) is 11.0. The molecule has 0 amide bonds. The quantitative estimate of drug-likeness (QED) is 0.312. The SMILES string of the molecule is COc1ccc(OC)c([C@H](C[N+](=O)[O-])Sc2nnc(C)n2-c2ccc(F)cc2)c1. The lowest BCUT2D eigenvalue weighted by atomic mass is 10.1. The zero-order valence-electron chi connectivity index (χ0n) is 16.0. The minimum Gasteiger partial charge on any atom is -0.497 e. The van der Waals surface area contributed by atoms with E-state index in [0.717, 1.165) is 0 Å². The number of hydrogen-bond donors (Lipinski definition) is 0. The van der Waals surface area contributed by atoms with Crippen LogP contribution < -0.4 is 9.47 Å². The molecule has 0 saturated heterocycles. The second-order valence-corrected chi connectivity index (χ2v) is 7.24. The Kier molecular flexibility index (Phi) is 6.32. The number of nitro groups is 1. The average molecular weight is 418 g/mol.